The molecule has 128 valence electrons. The molecule has 0 saturated heterocycles. The summed E-state index contributed by atoms with van der Waals surface area (Å²) in [6.07, 6.45) is -8.80. The van der Waals surface area contributed by atoms with E-state index in [4.69, 9.17) is 9.84 Å². The minimum Gasteiger partial charge on any atom is -0.483 e. The number of hydrogen-bond acceptors (Lipinski definition) is 3. The number of hydrogen-bond donors (Lipinski definition) is 2. The number of carboxylic acid groups (broad SMARTS) is 1. The number of halogens is 5. The molecule has 23 heavy (non-hydrogen) atoms. The average Bonchev–Trinajstić information content (AvgIpc) is 2.43. The molecule has 1 amide bonds. The number of carboxylic acids is 1. The standard InChI is InChI=1S/C13H12F5NO4/c14-10(15)5-8(12(21)22)19-11(20)6-23-9-4-2-1-3-7(9)13(16,17)18/h1-4,8,10H,5-6H2,(H,19,20)(H,21,22). The zero-order chi connectivity index (χ0) is 17.6. The summed E-state index contributed by atoms with van der Waals surface area (Å²) in [6, 6.07) is 2.23. The molecule has 2 N–H and O–H groups in total. The first-order valence-electron chi connectivity index (χ1n) is 6.20. The summed E-state index contributed by atoms with van der Waals surface area (Å²) in [5, 5.41) is 10.4. The number of nitrogens with one attached hydrogen (secondary N) is 1. The molecule has 1 atom stereocenters. The quantitative estimate of drug-likeness (QED) is 0.747. The zero-order valence-electron chi connectivity index (χ0n) is 11.4. The molecule has 1 unspecified atom stereocenters. The van der Waals surface area contributed by atoms with E-state index in [9.17, 15) is 31.5 Å². The molecule has 1 aromatic rings. The average molecular weight is 341 g/mol. The predicted molar refractivity (Wildman–Crippen MR) is 67.1 cm³/mol. The lowest BCUT2D eigenvalue weighted by Crippen LogP contribution is -2.44. The van der Waals surface area contributed by atoms with Gasteiger partial charge in [-0.15, -0.1) is 0 Å². The van der Waals surface area contributed by atoms with Crippen molar-refractivity contribution >= 4 is 11.9 Å². The largest absolute Gasteiger partial charge is 0.483 e. The second kappa shape index (κ2) is 7.75. The Hall–Kier alpha value is -2.39. The van der Waals surface area contributed by atoms with Gasteiger partial charge in [-0.2, -0.15) is 13.2 Å². The Morgan fingerprint density at radius 2 is 1.83 bits per heavy atom. The Morgan fingerprint density at radius 1 is 1.22 bits per heavy atom. The van der Waals surface area contributed by atoms with Crippen LogP contribution in [0.4, 0.5) is 22.0 Å². The lowest BCUT2D eigenvalue weighted by molar-refractivity contribution is -0.143. The fraction of sp³-hybridized carbons (Fsp3) is 0.385. The van der Waals surface area contributed by atoms with Crippen LogP contribution < -0.4 is 10.1 Å². The number of benzene rings is 1. The van der Waals surface area contributed by atoms with Crippen LogP contribution in [-0.4, -0.2) is 36.1 Å². The van der Waals surface area contributed by atoms with Crippen molar-refractivity contribution in [3.63, 3.8) is 0 Å². The van der Waals surface area contributed by atoms with Crippen LogP contribution in [0.15, 0.2) is 24.3 Å². The van der Waals surface area contributed by atoms with Crippen molar-refractivity contribution in [1.29, 1.82) is 0 Å². The highest BCUT2D eigenvalue weighted by atomic mass is 19.4. The summed E-state index contributed by atoms with van der Waals surface area (Å²) >= 11 is 0. The Morgan fingerprint density at radius 3 is 2.35 bits per heavy atom. The van der Waals surface area contributed by atoms with Gasteiger partial charge in [-0.05, 0) is 12.1 Å². The van der Waals surface area contributed by atoms with Crippen LogP contribution in [0, 0.1) is 0 Å². The predicted octanol–water partition coefficient (Wildman–Crippen LogP) is 2.31. The van der Waals surface area contributed by atoms with Gasteiger partial charge in [-0.1, -0.05) is 12.1 Å². The van der Waals surface area contributed by atoms with Crippen LogP contribution in [0.5, 0.6) is 5.75 Å². The second-order valence-corrected chi connectivity index (χ2v) is 4.37. The van der Waals surface area contributed by atoms with E-state index in [0.29, 0.717) is 0 Å². The van der Waals surface area contributed by atoms with Gasteiger partial charge in [0.15, 0.2) is 6.61 Å². The molecular formula is C13H12F5NO4. The van der Waals surface area contributed by atoms with E-state index >= 15 is 0 Å². The Kier molecular flexibility index (Phi) is 6.28. The smallest absolute Gasteiger partial charge is 0.419 e. The molecule has 0 saturated carbocycles. The molecule has 0 radical (unpaired) electrons. The highest BCUT2D eigenvalue weighted by Crippen LogP contribution is 2.35. The molecule has 0 aliphatic heterocycles. The van der Waals surface area contributed by atoms with Crippen molar-refractivity contribution in [3.05, 3.63) is 29.8 Å². The molecule has 0 heterocycles. The van der Waals surface area contributed by atoms with Gasteiger partial charge in [0.05, 0.1) is 5.56 Å². The number of rotatable bonds is 7. The first kappa shape index (κ1) is 18.7. The fourth-order valence-electron chi connectivity index (χ4n) is 1.61. The van der Waals surface area contributed by atoms with Gasteiger partial charge in [0, 0.05) is 6.42 Å². The molecule has 0 bridgehead atoms. The Balaban J connectivity index is 2.68. The van der Waals surface area contributed by atoms with Crippen LogP contribution in [0.1, 0.15) is 12.0 Å². The van der Waals surface area contributed by atoms with Gasteiger partial charge in [0.1, 0.15) is 11.8 Å². The van der Waals surface area contributed by atoms with Crippen LogP contribution in [0.2, 0.25) is 0 Å². The van der Waals surface area contributed by atoms with Crippen molar-refractivity contribution in [2.75, 3.05) is 6.61 Å². The molecule has 1 aromatic carbocycles. The van der Waals surface area contributed by atoms with Crippen LogP contribution in [0.3, 0.4) is 0 Å². The summed E-state index contributed by atoms with van der Waals surface area (Å²) < 4.78 is 67.1. The maximum absolute atomic E-state index is 12.7. The van der Waals surface area contributed by atoms with Crippen LogP contribution in [-0.2, 0) is 15.8 Å². The number of carbonyl (C=O) groups excluding carboxylic acids is 1. The Bertz CT molecular complexity index is 562. The number of para-hydroxylation sites is 1. The molecule has 0 spiro atoms. The normalized spacial score (nSPS) is 12.8. The number of aliphatic carboxylic acids is 1. The minimum atomic E-state index is -4.70. The van der Waals surface area contributed by atoms with E-state index in [-0.39, 0.29) is 0 Å². The SMILES string of the molecule is O=C(COc1ccccc1C(F)(F)F)NC(CC(F)F)C(=O)O. The van der Waals surface area contributed by atoms with Crippen molar-refractivity contribution in [2.24, 2.45) is 0 Å². The number of carbonyl (C=O) groups is 2. The van der Waals surface area contributed by atoms with Gasteiger partial charge in [0.25, 0.3) is 5.91 Å². The van der Waals surface area contributed by atoms with Crippen molar-refractivity contribution in [3.8, 4) is 5.75 Å². The van der Waals surface area contributed by atoms with Crippen LogP contribution >= 0.6 is 0 Å². The summed E-state index contributed by atoms with van der Waals surface area (Å²) in [6.45, 7) is -0.944. The highest BCUT2D eigenvalue weighted by molar-refractivity contribution is 5.84. The molecular weight excluding hydrogens is 329 g/mol. The summed E-state index contributed by atoms with van der Waals surface area (Å²) in [5.74, 6) is -3.44. The van der Waals surface area contributed by atoms with Gasteiger partial charge in [-0.3, -0.25) is 4.79 Å². The van der Waals surface area contributed by atoms with E-state index in [1.807, 2.05) is 0 Å². The summed E-state index contributed by atoms with van der Waals surface area (Å²) in [5.41, 5.74) is -1.12. The maximum atomic E-state index is 12.7. The first-order valence-corrected chi connectivity index (χ1v) is 6.20. The van der Waals surface area contributed by atoms with E-state index in [1.165, 1.54) is 6.07 Å². The summed E-state index contributed by atoms with van der Waals surface area (Å²) in [4.78, 5) is 22.1. The minimum absolute atomic E-state index is 0.629. The molecule has 1 rings (SSSR count). The molecule has 10 heteroatoms. The maximum Gasteiger partial charge on any atom is 0.419 e. The lowest BCUT2D eigenvalue weighted by atomic mass is 10.2. The topological polar surface area (TPSA) is 75.6 Å². The zero-order valence-corrected chi connectivity index (χ0v) is 11.4. The van der Waals surface area contributed by atoms with E-state index < -0.39 is 54.9 Å². The second-order valence-electron chi connectivity index (χ2n) is 4.37. The fourth-order valence-corrected chi connectivity index (χ4v) is 1.61. The molecule has 0 aromatic heterocycles. The molecule has 0 aliphatic carbocycles. The van der Waals surface area contributed by atoms with E-state index in [2.05, 4.69) is 0 Å². The van der Waals surface area contributed by atoms with Crippen molar-refractivity contribution in [2.45, 2.75) is 25.1 Å². The number of amides is 1. The van der Waals surface area contributed by atoms with Gasteiger partial charge in [-0.25, -0.2) is 13.6 Å². The van der Waals surface area contributed by atoms with Gasteiger partial charge in [0.2, 0.25) is 6.43 Å². The molecule has 5 nitrogen and oxygen atoms in total. The monoisotopic (exact) mass is 341 g/mol. The van der Waals surface area contributed by atoms with E-state index in [1.54, 1.807) is 5.32 Å². The number of alkyl halides is 5. The summed E-state index contributed by atoms with van der Waals surface area (Å²) in [7, 11) is 0. The third-order valence-corrected chi connectivity index (χ3v) is 2.60. The number of ether oxygens (including phenoxy) is 1. The lowest BCUT2D eigenvalue weighted by Gasteiger charge is -2.16. The third kappa shape index (κ3) is 6.09. The van der Waals surface area contributed by atoms with E-state index in [0.717, 1.165) is 18.2 Å². The third-order valence-electron chi connectivity index (χ3n) is 2.60. The van der Waals surface area contributed by atoms with Gasteiger partial charge >= 0.3 is 12.1 Å². The van der Waals surface area contributed by atoms with Gasteiger partial charge < -0.3 is 15.2 Å². The van der Waals surface area contributed by atoms with Crippen molar-refractivity contribution in [1.82, 2.24) is 5.32 Å². The first-order chi connectivity index (χ1) is 10.6. The molecule has 0 fully saturated rings. The highest BCUT2D eigenvalue weighted by Gasteiger charge is 2.34. The van der Waals surface area contributed by atoms with Crippen molar-refractivity contribution < 1.29 is 41.4 Å². The Labute approximate surface area is 127 Å². The van der Waals surface area contributed by atoms with Crippen LogP contribution in [0.25, 0.3) is 0 Å². The molecule has 0 aliphatic rings.